The Hall–Kier alpha value is -2.84. The summed E-state index contributed by atoms with van der Waals surface area (Å²) in [6, 6.07) is 9.84. The molecule has 0 spiro atoms. The number of carbonyl (C=O) groups excluding carboxylic acids is 1. The van der Waals surface area contributed by atoms with Crippen molar-refractivity contribution in [1.82, 2.24) is 19.5 Å². The summed E-state index contributed by atoms with van der Waals surface area (Å²) in [6.45, 7) is 2.13. The van der Waals surface area contributed by atoms with Gasteiger partial charge < -0.3 is 15.0 Å². The average molecular weight is 422 g/mol. The second kappa shape index (κ2) is 7.77. The first kappa shape index (κ1) is 19.1. The van der Waals surface area contributed by atoms with Gasteiger partial charge in [-0.2, -0.15) is 0 Å². The molecule has 3 heterocycles. The summed E-state index contributed by atoms with van der Waals surface area (Å²) in [5.74, 6) is -0.0566. The van der Waals surface area contributed by atoms with Gasteiger partial charge in [-0.05, 0) is 42.7 Å². The number of nitrogens with zero attached hydrogens (tertiary/aromatic N) is 4. The lowest BCUT2D eigenvalue weighted by Gasteiger charge is -2.27. The van der Waals surface area contributed by atoms with Gasteiger partial charge in [0, 0.05) is 6.92 Å². The van der Waals surface area contributed by atoms with Crippen molar-refractivity contribution in [3.05, 3.63) is 47.9 Å². The van der Waals surface area contributed by atoms with E-state index in [1.54, 1.807) is 23.7 Å². The molecule has 1 aliphatic carbocycles. The van der Waals surface area contributed by atoms with E-state index in [9.17, 15) is 9.90 Å². The lowest BCUT2D eigenvalue weighted by molar-refractivity contribution is 0.101. The molecule has 7 nitrogen and oxygen atoms in total. The number of fused-ring (bicyclic) bond motifs is 2. The fraction of sp³-hybridized carbons (Fsp3) is 0.364. The Morgan fingerprint density at radius 3 is 2.87 bits per heavy atom. The number of ketones is 1. The molecule has 8 heteroatoms. The number of hydrogen-bond donors (Lipinski definition) is 2. The molecule has 0 bridgehead atoms. The van der Waals surface area contributed by atoms with Gasteiger partial charge in [-0.25, -0.2) is 15.0 Å². The lowest BCUT2D eigenvalue weighted by atomic mass is 9.93. The Balaban J connectivity index is 1.39. The molecule has 4 aromatic rings. The highest BCUT2D eigenvalue weighted by Crippen LogP contribution is 2.30. The van der Waals surface area contributed by atoms with Gasteiger partial charge in [-0.1, -0.05) is 30.2 Å². The third-order valence-electron chi connectivity index (χ3n) is 5.67. The quantitative estimate of drug-likeness (QED) is 0.473. The molecular formula is C22H23N5O2S. The minimum absolute atomic E-state index is 0.0566. The molecule has 0 aliphatic heterocycles. The van der Waals surface area contributed by atoms with Gasteiger partial charge in [0.1, 0.15) is 11.2 Å². The molecule has 2 atom stereocenters. The molecule has 1 saturated carbocycles. The minimum atomic E-state index is -0.303. The van der Waals surface area contributed by atoms with E-state index in [0.717, 1.165) is 52.1 Å². The maximum absolute atomic E-state index is 11.7. The van der Waals surface area contributed by atoms with Crippen LogP contribution in [0.25, 0.3) is 21.4 Å². The monoisotopic (exact) mass is 421 g/mol. The maximum Gasteiger partial charge on any atom is 0.184 e. The Morgan fingerprint density at radius 1 is 1.20 bits per heavy atom. The van der Waals surface area contributed by atoms with Crippen LogP contribution in [-0.2, 0) is 6.54 Å². The first-order valence-electron chi connectivity index (χ1n) is 10.2. The van der Waals surface area contributed by atoms with E-state index >= 15 is 0 Å². The van der Waals surface area contributed by atoms with Crippen molar-refractivity contribution in [1.29, 1.82) is 0 Å². The molecule has 3 aromatic heterocycles. The number of aliphatic hydroxyl groups excluding tert-OH is 1. The highest BCUT2D eigenvalue weighted by molar-refractivity contribution is 7.22. The van der Waals surface area contributed by atoms with Crippen molar-refractivity contribution in [3.8, 4) is 0 Å². The van der Waals surface area contributed by atoms with E-state index in [1.165, 1.54) is 6.92 Å². The summed E-state index contributed by atoms with van der Waals surface area (Å²) in [7, 11) is 0. The van der Waals surface area contributed by atoms with Crippen molar-refractivity contribution >= 4 is 43.6 Å². The van der Waals surface area contributed by atoms with Crippen LogP contribution in [0.3, 0.4) is 0 Å². The van der Waals surface area contributed by atoms with Crippen LogP contribution in [-0.4, -0.2) is 42.6 Å². The van der Waals surface area contributed by atoms with Crippen molar-refractivity contribution in [2.24, 2.45) is 0 Å². The Labute approximate surface area is 177 Å². The first-order valence-corrected chi connectivity index (χ1v) is 11.1. The number of aliphatic hydroxyl groups is 1. The van der Waals surface area contributed by atoms with E-state index in [-0.39, 0.29) is 17.9 Å². The molecule has 0 saturated heterocycles. The summed E-state index contributed by atoms with van der Waals surface area (Å²) in [5, 5.41) is 14.5. The number of rotatable bonds is 5. The van der Waals surface area contributed by atoms with E-state index in [2.05, 4.69) is 32.4 Å². The predicted molar refractivity (Wildman–Crippen MR) is 118 cm³/mol. The third kappa shape index (κ3) is 3.68. The standard InChI is InChI=1S/C22H23N5O2S/c1-13(28)15-8-9-18-21(24-15)27(12-23-18)11-14-6-7-17-20(10-14)30-22(26-17)25-16-4-2-3-5-19(16)29/h6-10,12,16,19,29H,2-5,11H2,1H3,(H,25,26)/t16-,19-/m1/s1. The van der Waals surface area contributed by atoms with Gasteiger partial charge in [0.25, 0.3) is 0 Å². The Morgan fingerprint density at radius 2 is 2.03 bits per heavy atom. The summed E-state index contributed by atoms with van der Waals surface area (Å²) in [5.41, 5.74) is 3.99. The number of pyridine rings is 1. The van der Waals surface area contributed by atoms with Crippen LogP contribution in [0.5, 0.6) is 0 Å². The zero-order chi connectivity index (χ0) is 20.7. The normalized spacial score (nSPS) is 19.4. The van der Waals surface area contributed by atoms with Crippen molar-refractivity contribution in [2.45, 2.75) is 51.3 Å². The number of carbonyl (C=O) groups is 1. The maximum atomic E-state index is 11.7. The average Bonchev–Trinajstić information content (AvgIpc) is 3.32. The van der Waals surface area contributed by atoms with Crippen LogP contribution in [0, 0.1) is 0 Å². The van der Waals surface area contributed by atoms with Crippen LogP contribution in [0.15, 0.2) is 36.7 Å². The van der Waals surface area contributed by atoms with Crippen LogP contribution < -0.4 is 5.32 Å². The number of thiazole rings is 1. The van der Waals surface area contributed by atoms with E-state index in [1.807, 2.05) is 16.7 Å². The molecule has 1 aliphatic rings. The Bertz CT molecular complexity index is 1230. The molecule has 30 heavy (non-hydrogen) atoms. The van der Waals surface area contributed by atoms with Gasteiger partial charge in [-0.15, -0.1) is 0 Å². The number of hydrogen-bond acceptors (Lipinski definition) is 7. The third-order valence-corrected chi connectivity index (χ3v) is 6.62. The molecule has 0 unspecified atom stereocenters. The first-order chi connectivity index (χ1) is 14.6. The number of Topliss-reactive ketones (excluding diaryl/α,β-unsaturated/α-hetero) is 1. The van der Waals surface area contributed by atoms with Crippen molar-refractivity contribution in [3.63, 3.8) is 0 Å². The zero-order valence-corrected chi connectivity index (χ0v) is 17.5. The zero-order valence-electron chi connectivity index (χ0n) is 16.7. The molecule has 2 N–H and O–H groups in total. The molecule has 0 amide bonds. The number of nitrogens with one attached hydrogen (secondary N) is 1. The van der Waals surface area contributed by atoms with E-state index in [4.69, 9.17) is 0 Å². The minimum Gasteiger partial charge on any atom is -0.391 e. The van der Waals surface area contributed by atoms with Gasteiger partial charge >= 0.3 is 0 Å². The van der Waals surface area contributed by atoms with E-state index < -0.39 is 0 Å². The molecule has 154 valence electrons. The highest BCUT2D eigenvalue weighted by atomic mass is 32.1. The predicted octanol–water partition coefficient (Wildman–Crippen LogP) is 4.01. The van der Waals surface area contributed by atoms with Crippen LogP contribution in [0.2, 0.25) is 0 Å². The second-order valence-corrected chi connectivity index (χ2v) is 8.92. The fourth-order valence-corrected chi connectivity index (χ4v) is 5.01. The molecular weight excluding hydrogens is 398 g/mol. The van der Waals surface area contributed by atoms with E-state index in [0.29, 0.717) is 17.9 Å². The number of benzene rings is 1. The van der Waals surface area contributed by atoms with Gasteiger partial charge in [0.15, 0.2) is 16.6 Å². The summed E-state index contributed by atoms with van der Waals surface area (Å²) in [4.78, 5) is 25.2. The van der Waals surface area contributed by atoms with Crippen LogP contribution in [0.1, 0.15) is 48.7 Å². The highest BCUT2D eigenvalue weighted by Gasteiger charge is 2.23. The molecule has 1 fully saturated rings. The number of anilines is 1. The smallest absolute Gasteiger partial charge is 0.184 e. The SMILES string of the molecule is CC(=O)c1ccc2ncn(Cc3ccc4nc(N[C@@H]5CCCC[C@H]5O)sc4c3)c2n1. The largest absolute Gasteiger partial charge is 0.391 e. The summed E-state index contributed by atoms with van der Waals surface area (Å²) in [6.07, 6.45) is 5.52. The number of aromatic nitrogens is 4. The van der Waals surface area contributed by atoms with Gasteiger partial charge in [-0.3, -0.25) is 4.79 Å². The topological polar surface area (TPSA) is 92.9 Å². The lowest BCUT2D eigenvalue weighted by Crippen LogP contribution is -2.36. The Kier molecular flexibility index (Phi) is 4.96. The van der Waals surface area contributed by atoms with Crippen molar-refractivity contribution in [2.75, 3.05) is 5.32 Å². The van der Waals surface area contributed by atoms with Crippen LogP contribution >= 0.6 is 11.3 Å². The molecule has 1 aromatic carbocycles. The summed E-state index contributed by atoms with van der Waals surface area (Å²) < 4.78 is 3.06. The molecule has 0 radical (unpaired) electrons. The van der Waals surface area contributed by atoms with Crippen LogP contribution in [0.4, 0.5) is 5.13 Å². The summed E-state index contributed by atoms with van der Waals surface area (Å²) >= 11 is 1.61. The number of imidazole rings is 1. The van der Waals surface area contributed by atoms with Crippen molar-refractivity contribution < 1.29 is 9.90 Å². The fourth-order valence-electron chi connectivity index (χ4n) is 4.02. The molecule has 5 rings (SSSR count). The second-order valence-electron chi connectivity index (χ2n) is 7.89. The van der Waals surface area contributed by atoms with Gasteiger partial charge in [0.2, 0.25) is 0 Å². The van der Waals surface area contributed by atoms with Gasteiger partial charge in [0.05, 0.1) is 35.2 Å².